The third-order valence-electron chi connectivity index (χ3n) is 6.98. The molecule has 1 saturated heterocycles. The number of benzene rings is 3. The topological polar surface area (TPSA) is 74.3 Å². The van der Waals surface area contributed by atoms with E-state index < -0.39 is 12.0 Å². The molecular formula is C30H33NO6. The predicted octanol–water partition coefficient (Wildman–Crippen LogP) is 4.79. The average Bonchev–Trinajstić information content (AvgIpc) is 2.94. The molecule has 1 aliphatic rings. The van der Waals surface area contributed by atoms with Gasteiger partial charge >= 0.3 is 0 Å². The summed E-state index contributed by atoms with van der Waals surface area (Å²) in [6.45, 7) is 4.53. The van der Waals surface area contributed by atoms with Gasteiger partial charge in [0.15, 0.2) is 0 Å². The predicted molar refractivity (Wildman–Crippen MR) is 139 cm³/mol. The molecule has 1 amide bonds. The van der Waals surface area contributed by atoms with Crippen molar-refractivity contribution in [1.82, 2.24) is 4.90 Å². The highest BCUT2D eigenvalue weighted by molar-refractivity contribution is 5.88. The number of methoxy groups -OCH3 is 2. The van der Waals surface area contributed by atoms with Crippen molar-refractivity contribution in [2.75, 3.05) is 14.2 Å². The highest BCUT2D eigenvalue weighted by Crippen LogP contribution is 2.44. The number of carbonyl (C=O) groups excluding carboxylic acids is 2. The van der Waals surface area contributed by atoms with E-state index in [1.54, 1.807) is 21.1 Å². The maximum atomic E-state index is 13.7. The number of β-lactam (4-membered cyclic amide) rings is 1. The third-order valence-corrected chi connectivity index (χ3v) is 6.98. The van der Waals surface area contributed by atoms with Gasteiger partial charge < -0.3 is 23.8 Å². The van der Waals surface area contributed by atoms with Gasteiger partial charge in [0.05, 0.1) is 44.9 Å². The lowest BCUT2D eigenvalue weighted by atomic mass is 9.77. The van der Waals surface area contributed by atoms with Crippen molar-refractivity contribution in [3.63, 3.8) is 0 Å². The highest BCUT2D eigenvalue weighted by atomic mass is 16.5. The summed E-state index contributed by atoms with van der Waals surface area (Å²) < 4.78 is 22.2. The fourth-order valence-electron chi connectivity index (χ4n) is 5.01. The van der Waals surface area contributed by atoms with Crippen LogP contribution < -0.4 is 9.47 Å². The number of carbonyl (C=O) groups is 2. The Kier molecular flexibility index (Phi) is 8.46. The molecule has 7 heteroatoms. The van der Waals surface area contributed by atoms with Gasteiger partial charge in [0.2, 0.25) is 5.91 Å². The second kappa shape index (κ2) is 11.9. The van der Waals surface area contributed by atoms with E-state index in [0.717, 1.165) is 28.2 Å². The van der Waals surface area contributed by atoms with Crippen LogP contribution in [0.2, 0.25) is 0 Å². The molecule has 4 rings (SSSR count). The zero-order valence-corrected chi connectivity index (χ0v) is 21.6. The summed E-state index contributed by atoms with van der Waals surface area (Å²) in [5.41, 5.74) is 2.91. The Hall–Kier alpha value is -3.84. The lowest BCUT2D eigenvalue weighted by Gasteiger charge is -2.54. The van der Waals surface area contributed by atoms with Crippen LogP contribution in [0.1, 0.15) is 36.6 Å². The minimum atomic E-state index is -0.582. The minimum absolute atomic E-state index is 0.0915. The van der Waals surface area contributed by atoms with Gasteiger partial charge in [0.1, 0.15) is 17.6 Å². The third kappa shape index (κ3) is 5.62. The first-order valence-corrected chi connectivity index (χ1v) is 12.3. The number of hydrogen-bond donors (Lipinski definition) is 0. The summed E-state index contributed by atoms with van der Waals surface area (Å²) in [5.74, 6) is 0.851. The Labute approximate surface area is 217 Å². The first kappa shape index (κ1) is 26.2. The zero-order valence-electron chi connectivity index (χ0n) is 21.6. The molecule has 194 valence electrons. The largest absolute Gasteiger partial charge is 0.497 e. The average molecular weight is 504 g/mol. The van der Waals surface area contributed by atoms with Gasteiger partial charge in [-0.15, -0.1) is 0 Å². The molecule has 1 fully saturated rings. The fourth-order valence-corrected chi connectivity index (χ4v) is 5.01. The molecule has 0 N–H and O–H groups in total. The number of likely N-dealkylation sites (tertiary alicyclic amines) is 1. The van der Waals surface area contributed by atoms with Crippen molar-refractivity contribution < 1.29 is 28.5 Å². The number of nitrogens with zero attached hydrogens (tertiary/aromatic N) is 1. The molecule has 0 spiro atoms. The van der Waals surface area contributed by atoms with Gasteiger partial charge in [0, 0.05) is 0 Å². The van der Waals surface area contributed by atoms with Crippen LogP contribution in [0.5, 0.6) is 11.5 Å². The molecule has 1 aliphatic heterocycles. The van der Waals surface area contributed by atoms with Gasteiger partial charge in [-0.2, -0.15) is 0 Å². The Bertz CT molecular complexity index is 1120. The first-order chi connectivity index (χ1) is 18.0. The quantitative estimate of drug-likeness (QED) is 0.261. The minimum Gasteiger partial charge on any atom is -0.497 e. The molecule has 0 bridgehead atoms. The fraction of sp³-hybridized carbons (Fsp3) is 0.333. The van der Waals surface area contributed by atoms with E-state index in [-0.39, 0.29) is 24.1 Å². The SMILES string of the molecule is COc1ccc(C(c2ccc(OC)cc2)N2C(=O)[C@H]([C@@H](C)OC=O)[C@H]2[C@H](C)OCc2ccccc2)cc1. The summed E-state index contributed by atoms with van der Waals surface area (Å²) in [6.07, 6.45) is -0.902. The molecule has 0 aliphatic carbocycles. The van der Waals surface area contributed by atoms with Gasteiger partial charge in [-0.05, 0) is 54.8 Å². The van der Waals surface area contributed by atoms with Crippen LogP contribution in [0.25, 0.3) is 0 Å². The van der Waals surface area contributed by atoms with Crippen LogP contribution in [0.4, 0.5) is 0 Å². The van der Waals surface area contributed by atoms with Gasteiger partial charge in [0.25, 0.3) is 6.47 Å². The summed E-state index contributed by atoms with van der Waals surface area (Å²) in [4.78, 5) is 26.7. The van der Waals surface area contributed by atoms with Crippen LogP contribution >= 0.6 is 0 Å². The van der Waals surface area contributed by atoms with Crippen LogP contribution in [-0.4, -0.2) is 49.7 Å². The monoisotopic (exact) mass is 503 g/mol. The lowest BCUT2D eigenvalue weighted by Crippen LogP contribution is -2.69. The highest BCUT2D eigenvalue weighted by Gasteiger charge is 2.56. The van der Waals surface area contributed by atoms with E-state index in [2.05, 4.69) is 0 Å². The molecule has 3 aromatic rings. The van der Waals surface area contributed by atoms with Crippen LogP contribution in [0, 0.1) is 5.92 Å². The maximum absolute atomic E-state index is 13.7. The van der Waals surface area contributed by atoms with E-state index in [4.69, 9.17) is 18.9 Å². The maximum Gasteiger partial charge on any atom is 0.293 e. The van der Waals surface area contributed by atoms with Crippen LogP contribution in [-0.2, 0) is 25.7 Å². The Morgan fingerprint density at radius 3 is 1.84 bits per heavy atom. The van der Waals surface area contributed by atoms with E-state index in [1.807, 2.05) is 90.7 Å². The Morgan fingerprint density at radius 1 is 0.811 bits per heavy atom. The van der Waals surface area contributed by atoms with E-state index in [1.165, 1.54) is 0 Å². The summed E-state index contributed by atoms with van der Waals surface area (Å²) in [6, 6.07) is 24.6. The first-order valence-electron chi connectivity index (χ1n) is 12.3. The van der Waals surface area contributed by atoms with Gasteiger partial charge in [-0.25, -0.2) is 0 Å². The van der Waals surface area contributed by atoms with Crippen LogP contribution in [0.15, 0.2) is 78.9 Å². The summed E-state index contributed by atoms with van der Waals surface area (Å²) >= 11 is 0. The molecule has 0 aromatic heterocycles. The molecule has 7 nitrogen and oxygen atoms in total. The normalized spacial score (nSPS) is 18.6. The summed E-state index contributed by atoms with van der Waals surface area (Å²) in [5, 5.41) is 0. The van der Waals surface area contributed by atoms with E-state index in [9.17, 15) is 9.59 Å². The molecule has 0 radical (unpaired) electrons. The number of hydrogen-bond acceptors (Lipinski definition) is 6. The standard InChI is InChI=1S/C30H33NO6/c1-20(37-19-32)27-28(21(2)36-18-22-8-6-5-7-9-22)31(30(27)33)29(23-10-14-25(34-3)15-11-23)24-12-16-26(35-4)17-13-24/h5-17,19-21,27-29H,18H2,1-4H3/t20-,21+,27-,28-/m1/s1. The van der Waals surface area contributed by atoms with E-state index in [0.29, 0.717) is 13.1 Å². The van der Waals surface area contributed by atoms with Crippen molar-refractivity contribution in [2.24, 2.45) is 5.92 Å². The van der Waals surface area contributed by atoms with Crippen molar-refractivity contribution in [1.29, 1.82) is 0 Å². The molecular weight excluding hydrogens is 470 g/mol. The number of amides is 1. The van der Waals surface area contributed by atoms with Crippen LogP contribution in [0.3, 0.4) is 0 Å². The Morgan fingerprint density at radius 2 is 1.35 bits per heavy atom. The number of rotatable bonds is 12. The zero-order chi connectivity index (χ0) is 26.4. The smallest absolute Gasteiger partial charge is 0.293 e. The summed E-state index contributed by atoms with van der Waals surface area (Å²) in [7, 11) is 3.24. The molecule has 1 heterocycles. The molecule has 3 aromatic carbocycles. The second-order valence-electron chi connectivity index (χ2n) is 9.15. The van der Waals surface area contributed by atoms with E-state index >= 15 is 0 Å². The molecule has 0 saturated carbocycles. The van der Waals surface area contributed by atoms with Gasteiger partial charge in [-0.3, -0.25) is 9.59 Å². The number of ether oxygens (including phenoxy) is 4. The lowest BCUT2D eigenvalue weighted by molar-refractivity contribution is -0.185. The van der Waals surface area contributed by atoms with Crippen molar-refractivity contribution in [3.05, 3.63) is 95.6 Å². The molecule has 37 heavy (non-hydrogen) atoms. The van der Waals surface area contributed by atoms with Crippen molar-refractivity contribution >= 4 is 12.4 Å². The Balaban J connectivity index is 1.70. The molecule has 4 atom stereocenters. The van der Waals surface area contributed by atoms with Crippen molar-refractivity contribution in [3.8, 4) is 11.5 Å². The van der Waals surface area contributed by atoms with Crippen molar-refractivity contribution in [2.45, 2.75) is 44.7 Å². The molecule has 0 unspecified atom stereocenters. The second-order valence-corrected chi connectivity index (χ2v) is 9.15. The van der Waals surface area contributed by atoms with Gasteiger partial charge in [-0.1, -0.05) is 54.6 Å².